The lowest BCUT2D eigenvalue weighted by molar-refractivity contribution is -0.146. The second-order valence-electron chi connectivity index (χ2n) is 4.99. The van der Waals surface area contributed by atoms with Gasteiger partial charge in [0, 0.05) is 13.1 Å². The molecule has 1 aliphatic rings. The van der Waals surface area contributed by atoms with E-state index >= 15 is 0 Å². The van der Waals surface area contributed by atoms with Crippen molar-refractivity contribution in [2.24, 2.45) is 5.92 Å². The third-order valence-electron chi connectivity index (χ3n) is 3.70. The topological polar surface area (TPSA) is 66.8 Å². The predicted octanol–water partition coefficient (Wildman–Crippen LogP) is 1.48. The van der Waals surface area contributed by atoms with E-state index in [9.17, 15) is 14.7 Å². The largest absolute Gasteiger partial charge is 0.508 e. The van der Waals surface area contributed by atoms with Gasteiger partial charge in [-0.05, 0) is 36.6 Å². The maximum atomic E-state index is 12.4. The van der Waals surface area contributed by atoms with Crippen LogP contribution in [0.25, 0.3) is 0 Å². The van der Waals surface area contributed by atoms with Crippen LogP contribution >= 0.6 is 0 Å². The number of nitrogens with zero attached hydrogens (tertiary/aromatic N) is 1. The van der Waals surface area contributed by atoms with Gasteiger partial charge in [0.1, 0.15) is 5.75 Å². The summed E-state index contributed by atoms with van der Waals surface area (Å²) in [6.45, 7) is 2.95. The molecule has 5 heteroatoms. The summed E-state index contributed by atoms with van der Waals surface area (Å²) < 4.78 is 4.67. The van der Waals surface area contributed by atoms with Crippen LogP contribution in [-0.4, -0.2) is 35.5 Å². The molecule has 1 aromatic rings. The first-order valence-electron chi connectivity index (χ1n) is 6.71. The molecule has 108 valence electrons. The molecule has 5 nitrogen and oxygen atoms in total. The van der Waals surface area contributed by atoms with Gasteiger partial charge in [0.15, 0.2) is 0 Å². The number of phenolic OH excluding ortho intramolecular Hbond substituents is 1. The highest BCUT2D eigenvalue weighted by Crippen LogP contribution is 2.27. The summed E-state index contributed by atoms with van der Waals surface area (Å²) in [7, 11) is 1.33. The third-order valence-corrected chi connectivity index (χ3v) is 3.70. The molecule has 0 spiro atoms. The zero-order valence-electron chi connectivity index (χ0n) is 11.8. The van der Waals surface area contributed by atoms with Crippen molar-refractivity contribution in [2.45, 2.75) is 26.3 Å². The number of ether oxygens (including phenoxy) is 1. The fraction of sp³-hybridized carbons (Fsp3) is 0.467. The van der Waals surface area contributed by atoms with Crippen molar-refractivity contribution in [1.29, 1.82) is 0 Å². The number of fused-ring (bicyclic) bond motifs is 1. The number of hydrogen-bond acceptors (Lipinski definition) is 4. The number of benzene rings is 1. The smallest absolute Gasteiger partial charge is 0.306 e. The number of amides is 1. The van der Waals surface area contributed by atoms with E-state index in [-0.39, 0.29) is 24.0 Å². The molecule has 1 aromatic carbocycles. The van der Waals surface area contributed by atoms with Crippen molar-refractivity contribution in [3.8, 4) is 5.75 Å². The monoisotopic (exact) mass is 277 g/mol. The number of carbonyl (C=O) groups is 2. The van der Waals surface area contributed by atoms with E-state index in [4.69, 9.17) is 0 Å². The van der Waals surface area contributed by atoms with Gasteiger partial charge < -0.3 is 14.7 Å². The molecule has 1 heterocycles. The zero-order valence-corrected chi connectivity index (χ0v) is 11.8. The van der Waals surface area contributed by atoms with E-state index < -0.39 is 5.92 Å². The van der Waals surface area contributed by atoms with Crippen molar-refractivity contribution in [2.75, 3.05) is 13.7 Å². The van der Waals surface area contributed by atoms with Crippen molar-refractivity contribution < 1.29 is 19.4 Å². The second-order valence-corrected chi connectivity index (χ2v) is 4.99. The fourth-order valence-electron chi connectivity index (χ4n) is 2.56. The lowest BCUT2D eigenvalue weighted by atomic mass is 9.94. The van der Waals surface area contributed by atoms with Crippen LogP contribution in [0.5, 0.6) is 5.75 Å². The first kappa shape index (κ1) is 14.4. The molecule has 0 saturated heterocycles. The lowest BCUT2D eigenvalue weighted by Gasteiger charge is -2.22. The molecule has 1 aliphatic heterocycles. The highest BCUT2D eigenvalue weighted by atomic mass is 16.5. The Balaban J connectivity index is 2.32. The number of carbonyl (C=O) groups excluding carboxylic acids is 2. The van der Waals surface area contributed by atoms with Crippen LogP contribution in [0.2, 0.25) is 0 Å². The number of rotatable bonds is 3. The van der Waals surface area contributed by atoms with Crippen molar-refractivity contribution in [1.82, 2.24) is 4.90 Å². The van der Waals surface area contributed by atoms with Crippen molar-refractivity contribution in [3.05, 3.63) is 29.3 Å². The van der Waals surface area contributed by atoms with E-state index in [0.29, 0.717) is 19.5 Å². The molecule has 0 saturated carbocycles. The van der Waals surface area contributed by atoms with Crippen LogP contribution in [0.3, 0.4) is 0 Å². The second kappa shape index (κ2) is 5.94. The van der Waals surface area contributed by atoms with Gasteiger partial charge in [-0.1, -0.05) is 6.07 Å². The third kappa shape index (κ3) is 2.92. The highest BCUT2D eigenvalue weighted by molar-refractivity contribution is 5.84. The first-order valence-corrected chi connectivity index (χ1v) is 6.71. The van der Waals surface area contributed by atoms with E-state index in [1.54, 1.807) is 17.0 Å². The predicted molar refractivity (Wildman–Crippen MR) is 73.0 cm³/mol. The van der Waals surface area contributed by atoms with Crippen molar-refractivity contribution >= 4 is 11.9 Å². The number of phenols is 1. The molecule has 0 bridgehead atoms. The van der Waals surface area contributed by atoms with Gasteiger partial charge >= 0.3 is 5.97 Å². The molecule has 1 N–H and O–H groups in total. The summed E-state index contributed by atoms with van der Waals surface area (Å²) >= 11 is 0. The molecule has 20 heavy (non-hydrogen) atoms. The minimum Gasteiger partial charge on any atom is -0.508 e. The molecule has 0 aromatic heterocycles. The summed E-state index contributed by atoms with van der Waals surface area (Å²) in [5.41, 5.74) is 1.94. The van der Waals surface area contributed by atoms with Gasteiger partial charge in [-0.25, -0.2) is 0 Å². The highest BCUT2D eigenvalue weighted by Gasteiger charge is 2.30. The van der Waals surface area contributed by atoms with Crippen molar-refractivity contribution in [3.63, 3.8) is 0 Å². The number of esters is 1. The molecule has 2 rings (SSSR count). The molecule has 1 atom stereocenters. The summed E-state index contributed by atoms with van der Waals surface area (Å²) in [5.74, 6) is -0.609. The average Bonchev–Trinajstić information content (AvgIpc) is 2.56. The van der Waals surface area contributed by atoms with Crippen LogP contribution < -0.4 is 0 Å². The van der Waals surface area contributed by atoms with Gasteiger partial charge in [-0.15, -0.1) is 0 Å². The van der Waals surface area contributed by atoms with E-state index in [0.717, 1.165) is 11.1 Å². The summed E-state index contributed by atoms with van der Waals surface area (Å²) in [6.07, 6.45) is 0.589. The van der Waals surface area contributed by atoms with E-state index in [2.05, 4.69) is 4.74 Å². The van der Waals surface area contributed by atoms with Crippen LogP contribution in [-0.2, 0) is 27.3 Å². The Kier molecular flexibility index (Phi) is 4.27. The Morgan fingerprint density at radius 2 is 2.20 bits per heavy atom. The van der Waals surface area contributed by atoms with Gasteiger partial charge in [0.25, 0.3) is 0 Å². The fourth-order valence-corrected chi connectivity index (χ4v) is 2.56. The van der Waals surface area contributed by atoms with Gasteiger partial charge in [-0.3, -0.25) is 9.59 Å². The minimum atomic E-state index is -0.395. The first-order chi connectivity index (χ1) is 9.55. The van der Waals surface area contributed by atoms with Gasteiger partial charge in [0.2, 0.25) is 5.91 Å². The Bertz CT molecular complexity index is 527. The number of methoxy groups -OCH3 is 1. The summed E-state index contributed by atoms with van der Waals surface area (Å²) in [6, 6.07) is 5.12. The lowest BCUT2D eigenvalue weighted by Crippen LogP contribution is -2.35. The van der Waals surface area contributed by atoms with E-state index in [1.807, 2.05) is 13.0 Å². The maximum absolute atomic E-state index is 12.4. The number of aromatic hydroxyl groups is 1. The molecular weight excluding hydrogens is 258 g/mol. The van der Waals surface area contributed by atoms with E-state index in [1.165, 1.54) is 7.11 Å². The Morgan fingerprint density at radius 1 is 1.45 bits per heavy atom. The molecule has 0 fully saturated rings. The zero-order chi connectivity index (χ0) is 14.7. The number of hydrogen-bond donors (Lipinski definition) is 1. The van der Waals surface area contributed by atoms with Gasteiger partial charge in [0.05, 0.1) is 19.4 Å². The quantitative estimate of drug-likeness (QED) is 0.850. The molecule has 0 aliphatic carbocycles. The van der Waals surface area contributed by atoms with Gasteiger partial charge in [-0.2, -0.15) is 0 Å². The SMILES string of the molecule is CCN1Cc2cc(O)ccc2CC(CC(=O)OC)C1=O. The summed E-state index contributed by atoms with van der Waals surface area (Å²) in [4.78, 5) is 25.6. The Labute approximate surface area is 118 Å². The minimum absolute atomic E-state index is 0.0337. The molecule has 1 unspecified atom stereocenters. The Hall–Kier alpha value is -2.04. The molecule has 0 radical (unpaired) electrons. The summed E-state index contributed by atoms with van der Waals surface area (Å²) in [5, 5.41) is 9.58. The average molecular weight is 277 g/mol. The van der Waals surface area contributed by atoms with Crippen LogP contribution in [0.15, 0.2) is 18.2 Å². The molecular formula is C15H19NO4. The maximum Gasteiger partial charge on any atom is 0.306 e. The van der Waals surface area contributed by atoms with Crippen LogP contribution in [0.4, 0.5) is 0 Å². The standard InChI is InChI=1S/C15H19NO4/c1-3-16-9-12-7-13(17)5-4-10(12)6-11(15(16)19)8-14(18)20-2/h4-5,7,11,17H,3,6,8-9H2,1-2H3. The molecule has 1 amide bonds. The van der Waals surface area contributed by atoms with Crippen LogP contribution in [0.1, 0.15) is 24.5 Å². The Morgan fingerprint density at radius 3 is 2.85 bits per heavy atom. The normalized spacial score (nSPS) is 18.4. The van der Waals surface area contributed by atoms with Crippen LogP contribution in [0, 0.1) is 5.92 Å².